The summed E-state index contributed by atoms with van der Waals surface area (Å²) in [5.41, 5.74) is 2.85. The lowest BCUT2D eigenvalue weighted by Gasteiger charge is -2.26. The predicted molar refractivity (Wildman–Crippen MR) is 117 cm³/mol. The average molecular weight is 453 g/mol. The van der Waals surface area contributed by atoms with Crippen molar-refractivity contribution in [3.8, 4) is 6.07 Å². The highest BCUT2D eigenvalue weighted by Crippen LogP contribution is 2.30. The van der Waals surface area contributed by atoms with Crippen molar-refractivity contribution in [3.63, 3.8) is 0 Å². The van der Waals surface area contributed by atoms with E-state index in [1.54, 1.807) is 12.4 Å². The number of hydrogen-bond donors (Lipinski definition) is 2. The fourth-order valence-electron chi connectivity index (χ4n) is 3.29. The minimum atomic E-state index is 0.489. The van der Waals surface area contributed by atoms with E-state index in [1.165, 1.54) is 0 Å². The monoisotopic (exact) mass is 452 g/mol. The van der Waals surface area contributed by atoms with Crippen molar-refractivity contribution >= 4 is 44.0 Å². The average Bonchev–Trinajstić information content (AvgIpc) is 2.75. The molecule has 0 spiro atoms. The molecule has 4 rings (SSSR count). The van der Waals surface area contributed by atoms with Gasteiger partial charge in [0, 0.05) is 47.9 Å². The summed E-state index contributed by atoms with van der Waals surface area (Å²) in [6.07, 6.45) is 3.31. The second-order valence-electron chi connectivity index (χ2n) is 6.76. The van der Waals surface area contributed by atoms with Gasteiger partial charge in [0.25, 0.3) is 0 Å². The van der Waals surface area contributed by atoms with Gasteiger partial charge >= 0.3 is 0 Å². The second-order valence-corrected chi connectivity index (χ2v) is 7.68. The van der Waals surface area contributed by atoms with E-state index >= 15 is 0 Å². The Balaban J connectivity index is 1.57. The Hall–Kier alpha value is -2.73. The van der Waals surface area contributed by atoms with Crippen LogP contribution in [0.5, 0.6) is 0 Å². The molecule has 1 aromatic carbocycles. The van der Waals surface area contributed by atoms with Crippen LogP contribution >= 0.6 is 15.9 Å². The topological polar surface area (TPSA) is 86.1 Å². The Labute approximate surface area is 177 Å². The van der Waals surface area contributed by atoms with Crippen LogP contribution in [0, 0.1) is 11.3 Å². The number of ether oxygens (including phenoxy) is 1. The van der Waals surface area contributed by atoms with Crippen molar-refractivity contribution < 1.29 is 4.74 Å². The third kappa shape index (κ3) is 4.82. The molecule has 0 radical (unpaired) electrons. The second kappa shape index (κ2) is 9.18. The van der Waals surface area contributed by atoms with Crippen LogP contribution in [0.4, 0.5) is 17.2 Å². The Kier molecular flexibility index (Phi) is 6.20. The van der Waals surface area contributed by atoms with Gasteiger partial charge in [-0.1, -0.05) is 22.0 Å². The summed E-state index contributed by atoms with van der Waals surface area (Å²) < 4.78 is 6.35. The quantitative estimate of drug-likeness (QED) is 0.588. The molecule has 148 valence electrons. The maximum absolute atomic E-state index is 9.58. The van der Waals surface area contributed by atoms with Crippen molar-refractivity contribution in [2.45, 2.75) is 0 Å². The highest BCUT2D eigenvalue weighted by Gasteiger charge is 2.12. The summed E-state index contributed by atoms with van der Waals surface area (Å²) >= 11 is 3.48. The fraction of sp³-hybridized carbons (Fsp3) is 0.286. The van der Waals surface area contributed by atoms with Gasteiger partial charge in [0.15, 0.2) is 0 Å². The molecule has 0 bridgehead atoms. The number of anilines is 3. The van der Waals surface area contributed by atoms with E-state index in [2.05, 4.69) is 47.5 Å². The lowest BCUT2D eigenvalue weighted by Crippen LogP contribution is -2.39. The number of fused-ring (bicyclic) bond motifs is 1. The van der Waals surface area contributed by atoms with E-state index in [9.17, 15) is 5.26 Å². The van der Waals surface area contributed by atoms with Crippen LogP contribution in [0.3, 0.4) is 0 Å². The Morgan fingerprint density at radius 3 is 2.83 bits per heavy atom. The van der Waals surface area contributed by atoms with Crippen molar-refractivity contribution in [2.75, 3.05) is 50.0 Å². The van der Waals surface area contributed by atoms with E-state index in [4.69, 9.17) is 4.74 Å². The highest BCUT2D eigenvalue weighted by atomic mass is 79.9. The molecule has 3 heterocycles. The van der Waals surface area contributed by atoms with Gasteiger partial charge in [0.05, 0.1) is 36.2 Å². The van der Waals surface area contributed by atoms with Crippen LogP contribution in [0.25, 0.3) is 10.9 Å². The molecule has 1 aliphatic heterocycles. The molecule has 1 fully saturated rings. The first-order chi connectivity index (χ1) is 14.2. The first-order valence-corrected chi connectivity index (χ1v) is 10.3. The van der Waals surface area contributed by atoms with Gasteiger partial charge in [-0.3, -0.25) is 9.88 Å². The minimum absolute atomic E-state index is 0.489. The minimum Gasteiger partial charge on any atom is -0.379 e. The number of nitrogens with zero attached hydrogens (tertiary/aromatic N) is 4. The Bertz CT molecular complexity index is 1050. The van der Waals surface area contributed by atoms with E-state index in [-0.39, 0.29) is 0 Å². The van der Waals surface area contributed by atoms with Crippen molar-refractivity contribution in [2.24, 2.45) is 0 Å². The van der Waals surface area contributed by atoms with E-state index < -0.39 is 0 Å². The van der Waals surface area contributed by atoms with Gasteiger partial charge in [-0.05, 0) is 24.3 Å². The molecule has 2 N–H and O–H groups in total. The zero-order chi connectivity index (χ0) is 20.1. The molecular weight excluding hydrogens is 432 g/mol. The lowest BCUT2D eigenvalue weighted by molar-refractivity contribution is 0.0398. The molecule has 0 saturated carbocycles. The summed E-state index contributed by atoms with van der Waals surface area (Å²) in [7, 11) is 0. The number of hydrogen-bond acceptors (Lipinski definition) is 7. The first-order valence-electron chi connectivity index (χ1n) is 9.48. The summed E-state index contributed by atoms with van der Waals surface area (Å²) in [6.45, 7) is 5.23. The molecule has 0 atom stereocenters. The molecule has 0 aliphatic carbocycles. The van der Waals surface area contributed by atoms with Gasteiger partial charge in [0.1, 0.15) is 11.9 Å². The molecular formula is C21H21BrN6O. The maximum Gasteiger partial charge on any atom is 0.126 e. The zero-order valence-electron chi connectivity index (χ0n) is 15.9. The van der Waals surface area contributed by atoms with Crippen LogP contribution in [0.2, 0.25) is 0 Å². The van der Waals surface area contributed by atoms with Crippen molar-refractivity contribution in [3.05, 3.63) is 52.8 Å². The highest BCUT2D eigenvalue weighted by molar-refractivity contribution is 9.10. The van der Waals surface area contributed by atoms with Crippen molar-refractivity contribution in [1.82, 2.24) is 14.9 Å². The third-order valence-electron chi connectivity index (χ3n) is 4.81. The molecule has 7 nitrogen and oxygen atoms in total. The maximum atomic E-state index is 9.58. The number of aromatic nitrogens is 2. The number of pyridine rings is 2. The van der Waals surface area contributed by atoms with Gasteiger partial charge in [0.2, 0.25) is 0 Å². The molecule has 2 aromatic heterocycles. The molecule has 29 heavy (non-hydrogen) atoms. The van der Waals surface area contributed by atoms with E-state index in [0.717, 1.165) is 72.0 Å². The standard InChI is InChI=1S/C21H21BrN6O/c22-16-2-1-3-17(10-16)27-21-15(12-23)13-25-19-14-26-20(11-18(19)21)24-4-5-28-6-8-29-9-7-28/h1-3,10-11,13-14H,4-9H2,(H,24,26)(H,25,27). The molecule has 1 saturated heterocycles. The fourth-order valence-corrected chi connectivity index (χ4v) is 3.69. The van der Waals surface area contributed by atoms with Crippen LogP contribution in [0.15, 0.2) is 47.2 Å². The van der Waals surface area contributed by atoms with Gasteiger partial charge < -0.3 is 15.4 Å². The summed E-state index contributed by atoms with van der Waals surface area (Å²) in [6, 6.07) is 12.0. The van der Waals surface area contributed by atoms with E-state index in [1.807, 2.05) is 30.3 Å². The normalized spacial score (nSPS) is 14.5. The van der Waals surface area contributed by atoms with Crippen LogP contribution in [0.1, 0.15) is 5.56 Å². The Morgan fingerprint density at radius 2 is 2.03 bits per heavy atom. The SMILES string of the molecule is N#Cc1cnc2cnc(NCCN3CCOCC3)cc2c1Nc1cccc(Br)c1. The molecule has 8 heteroatoms. The third-order valence-corrected chi connectivity index (χ3v) is 5.30. The number of halogens is 1. The number of morpholine rings is 1. The number of nitrogens with one attached hydrogen (secondary N) is 2. The lowest BCUT2D eigenvalue weighted by atomic mass is 10.1. The zero-order valence-corrected chi connectivity index (χ0v) is 17.4. The smallest absolute Gasteiger partial charge is 0.126 e. The van der Waals surface area contributed by atoms with Gasteiger partial charge in [-0.25, -0.2) is 4.98 Å². The summed E-state index contributed by atoms with van der Waals surface area (Å²) in [5, 5.41) is 17.2. The number of benzene rings is 1. The number of rotatable bonds is 6. The summed E-state index contributed by atoms with van der Waals surface area (Å²) in [5.74, 6) is 0.764. The largest absolute Gasteiger partial charge is 0.379 e. The van der Waals surface area contributed by atoms with Gasteiger partial charge in [-0.15, -0.1) is 0 Å². The number of nitriles is 1. The van der Waals surface area contributed by atoms with Crippen LogP contribution in [-0.2, 0) is 4.74 Å². The Morgan fingerprint density at radius 1 is 1.17 bits per heavy atom. The van der Waals surface area contributed by atoms with Crippen LogP contribution < -0.4 is 10.6 Å². The van der Waals surface area contributed by atoms with Crippen molar-refractivity contribution in [1.29, 1.82) is 5.26 Å². The predicted octanol–water partition coefficient (Wildman–Crippen LogP) is 3.75. The molecule has 1 aliphatic rings. The van der Waals surface area contributed by atoms with Crippen LogP contribution in [-0.4, -0.2) is 54.3 Å². The summed E-state index contributed by atoms with van der Waals surface area (Å²) in [4.78, 5) is 11.2. The van der Waals surface area contributed by atoms with Gasteiger partial charge in [-0.2, -0.15) is 5.26 Å². The van der Waals surface area contributed by atoms with E-state index in [0.29, 0.717) is 5.56 Å². The molecule has 0 amide bonds. The molecule has 3 aromatic rings. The molecule has 0 unspecified atom stereocenters. The first kappa shape index (κ1) is 19.6.